The molecule has 1 aromatic carbocycles. The number of nitrogens with one attached hydrogen (secondary N) is 1. The minimum atomic E-state index is 0.0102. The van der Waals surface area contributed by atoms with E-state index in [-0.39, 0.29) is 11.3 Å². The minimum absolute atomic E-state index is 0.0102. The van der Waals surface area contributed by atoms with Crippen molar-refractivity contribution >= 4 is 17.7 Å². The molecular weight excluding hydrogens is 334 g/mol. The zero-order valence-corrected chi connectivity index (χ0v) is 15.8. The first kappa shape index (κ1) is 17.8. The molecule has 3 N–H and O–H groups in total. The number of nitrogen functional groups attached to an aromatic ring is 1. The number of hydrogen-bond donors (Lipinski definition) is 2. The summed E-state index contributed by atoms with van der Waals surface area (Å²) in [6.07, 6.45) is 2.45. The molecule has 0 spiro atoms. The van der Waals surface area contributed by atoms with Crippen LogP contribution in [0, 0.1) is 5.92 Å². The second kappa shape index (κ2) is 7.07. The molecular formula is C18H25N5OS. The number of thioether (sulfide) groups is 1. The van der Waals surface area contributed by atoms with Gasteiger partial charge in [0.1, 0.15) is 0 Å². The third kappa shape index (κ3) is 4.54. The Morgan fingerprint density at radius 1 is 1.28 bits per heavy atom. The van der Waals surface area contributed by atoms with E-state index in [4.69, 9.17) is 5.84 Å². The van der Waals surface area contributed by atoms with Crippen LogP contribution in [0.1, 0.15) is 39.2 Å². The highest BCUT2D eigenvalue weighted by atomic mass is 32.2. The number of nitrogens with zero attached hydrogens (tertiary/aromatic N) is 3. The van der Waals surface area contributed by atoms with Crippen molar-refractivity contribution in [2.24, 2.45) is 5.92 Å². The van der Waals surface area contributed by atoms with Crippen LogP contribution in [-0.2, 0) is 10.2 Å². The Morgan fingerprint density at radius 3 is 2.56 bits per heavy atom. The highest BCUT2D eigenvalue weighted by molar-refractivity contribution is 7.99. The quantitative estimate of drug-likeness (QED) is 0.611. The van der Waals surface area contributed by atoms with Crippen LogP contribution in [0.4, 0.5) is 0 Å². The lowest BCUT2D eigenvalue weighted by Crippen LogP contribution is -2.27. The van der Waals surface area contributed by atoms with E-state index in [0.717, 1.165) is 12.1 Å². The lowest BCUT2D eigenvalue weighted by atomic mass is 9.87. The Balaban J connectivity index is 1.63. The summed E-state index contributed by atoms with van der Waals surface area (Å²) >= 11 is 1.30. The fourth-order valence-corrected chi connectivity index (χ4v) is 3.14. The van der Waals surface area contributed by atoms with E-state index >= 15 is 0 Å². The van der Waals surface area contributed by atoms with Crippen molar-refractivity contribution in [2.45, 2.75) is 44.2 Å². The first-order valence-electron chi connectivity index (χ1n) is 8.55. The number of benzene rings is 1. The largest absolute Gasteiger partial charge is 0.355 e. The van der Waals surface area contributed by atoms with E-state index in [1.165, 1.54) is 34.8 Å². The molecule has 0 radical (unpaired) electrons. The summed E-state index contributed by atoms with van der Waals surface area (Å²) in [5.74, 6) is 7.70. The molecule has 3 rings (SSSR count). The third-order valence-electron chi connectivity index (χ3n) is 4.29. The topological polar surface area (TPSA) is 85.8 Å². The summed E-state index contributed by atoms with van der Waals surface area (Å²) in [6.45, 7) is 7.31. The molecule has 1 aromatic heterocycles. The van der Waals surface area contributed by atoms with Gasteiger partial charge in [0.25, 0.3) is 0 Å². The van der Waals surface area contributed by atoms with E-state index in [1.54, 1.807) is 0 Å². The van der Waals surface area contributed by atoms with Gasteiger partial charge in [0.15, 0.2) is 5.82 Å². The normalized spacial score (nSPS) is 14.5. The van der Waals surface area contributed by atoms with Gasteiger partial charge in [0, 0.05) is 12.1 Å². The van der Waals surface area contributed by atoms with Crippen LogP contribution in [0.2, 0.25) is 0 Å². The molecule has 1 saturated carbocycles. The van der Waals surface area contributed by atoms with Crippen LogP contribution in [0.3, 0.4) is 0 Å². The first-order valence-corrected chi connectivity index (χ1v) is 9.54. The molecule has 1 fully saturated rings. The molecule has 0 bridgehead atoms. The third-order valence-corrected chi connectivity index (χ3v) is 5.23. The molecule has 134 valence electrons. The highest BCUT2D eigenvalue weighted by Gasteiger charge is 2.22. The number of aromatic nitrogens is 3. The van der Waals surface area contributed by atoms with Gasteiger partial charge >= 0.3 is 0 Å². The molecule has 0 saturated heterocycles. The van der Waals surface area contributed by atoms with Crippen molar-refractivity contribution < 1.29 is 4.79 Å². The molecule has 25 heavy (non-hydrogen) atoms. The van der Waals surface area contributed by atoms with Crippen molar-refractivity contribution in [1.29, 1.82) is 0 Å². The summed E-state index contributed by atoms with van der Waals surface area (Å²) in [6, 6.07) is 8.18. The fraction of sp³-hybridized carbons (Fsp3) is 0.500. The molecule has 0 aliphatic heterocycles. The summed E-state index contributed by atoms with van der Waals surface area (Å²) in [5, 5.41) is 11.8. The predicted molar refractivity (Wildman–Crippen MR) is 101 cm³/mol. The maximum Gasteiger partial charge on any atom is 0.230 e. The first-order chi connectivity index (χ1) is 11.8. The van der Waals surface area contributed by atoms with E-state index in [2.05, 4.69) is 48.4 Å². The number of carbonyl (C=O) groups excluding carboxylic acids is 1. The maximum atomic E-state index is 11.8. The summed E-state index contributed by atoms with van der Waals surface area (Å²) < 4.78 is 1.45. The number of nitrogens with two attached hydrogens (primary N) is 1. The van der Waals surface area contributed by atoms with Gasteiger partial charge in [-0.1, -0.05) is 56.8 Å². The van der Waals surface area contributed by atoms with E-state index < -0.39 is 0 Å². The Labute approximate surface area is 152 Å². The second-order valence-electron chi connectivity index (χ2n) is 7.54. The molecule has 2 aromatic rings. The molecule has 1 aliphatic carbocycles. The highest BCUT2D eigenvalue weighted by Crippen LogP contribution is 2.28. The van der Waals surface area contributed by atoms with E-state index in [0.29, 0.717) is 22.7 Å². The lowest BCUT2D eigenvalue weighted by Gasteiger charge is -2.19. The summed E-state index contributed by atoms with van der Waals surface area (Å²) in [7, 11) is 0. The molecule has 1 amide bonds. The Kier molecular flexibility index (Phi) is 5.03. The zero-order chi connectivity index (χ0) is 18.0. The van der Waals surface area contributed by atoms with Crippen LogP contribution in [0.25, 0.3) is 11.4 Å². The average molecular weight is 359 g/mol. The van der Waals surface area contributed by atoms with Crippen molar-refractivity contribution in [3.63, 3.8) is 0 Å². The van der Waals surface area contributed by atoms with Crippen LogP contribution in [0.5, 0.6) is 0 Å². The van der Waals surface area contributed by atoms with Crippen LogP contribution < -0.4 is 11.2 Å². The predicted octanol–water partition coefficient (Wildman–Crippen LogP) is 2.57. The average Bonchev–Trinajstić information content (AvgIpc) is 3.33. The van der Waals surface area contributed by atoms with Crippen LogP contribution in [0.15, 0.2) is 29.4 Å². The number of rotatable bonds is 6. The maximum absolute atomic E-state index is 11.8. The Bertz CT molecular complexity index is 744. The molecule has 1 aliphatic rings. The smallest absolute Gasteiger partial charge is 0.230 e. The van der Waals surface area contributed by atoms with Gasteiger partial charge in [0.2, 0.25) is 11.1 Å². The number of hydrogen-bond acceptors (Lipinski definition) is 5. The molecule has 0 atom stereocenters. The number of carbonyl (C=O) groups is 1. The molecule has 6 nitrogen and oxygen atoms in total. The summed E-state index contributed by atoms with van der Waals surface area (Å²) in [4.78, 5) is 11.8. The second-order valence-corrected chi connectivity index (χ2v) is 8.48. The lowest BCUT2D eigenvalue weighted by molar-refractivity contribution is -0.118. The summed E-state index contributed by atoms with van der Waals surface area (Å²) in [5.41, 5.74) is 2.26. The van der Waals surface area contributed by atoms with Crippen molar-refractivity contribution in [1.82, 2.24) is 20.2 Å². The van der Waals surface area contributed by atoms with Gasteiger partial charge in [-0.3, -0.25) is 4.79 Å². The van der Waals surface area contributed by atoms with Crippen molar-refractivity contribution in [3.05, 3.63) is 29.8 Å². The van der Waals surface area contributed by atoms with Crippen LogP contribution in [-0.4, -0.2) is 33.1 Å². The molecule has 0 unspecified atom stereocenters. The Morgan fingerprint density at radius 2 is 1.96 bits per heavy atom. The van der Waals surface area contributed by atoms with Gasteiger partial charge in [0.05, 0.1) is 5.75 Å². The zero-order valence-electron chi connectivity index (χ0n) is 15.0. The molecule has 7 heteroatoms. The van der Waals surface area contributed by atoms with Crippen molar-refractivity contribution in [2.75, 3.05) is 18.1 Å². The Hall–Kier alpha value is -2.02. The number of amides is 1. The van der Waals surface area contributed by atoms with Gasteiger partial charge in [-0.15, -0.1) is 10.2 Å². The van der Waals surface area contributed by atoms with Crippen molar-refractivity contribution in [3.8, 4) is 11.4 Å². The van der Waals surface area contributed by atoms with Crippen LogP contribution >= 0.6 is 11.8 Å². The standard InChI is InChI=1S/C18H25N5OS/c1-18(2,3)14-8-6-13(7-9-14)16-21-22-17(23(16)19)25-11-15(24)20-10-12-4-5-12/h6-9,12H,4-5,10-11,19H2,1-3H3,(H,20,24). The fourth-order valence-electron chi connectivity index (χ4n) is 2.45. The van der Waals surface area contributed by atoms with Gasteiger partial charge in [-0.2, -0.15) is 0 Å². The van der Waals surface area contributed by atoms with Gasteiger partial charge < -0.3 is 11.2 Å². The van der Waals surface area contributed by atoms with Gasteiger partial charge in [-0.25, -0.2) is 4.68 Å². The minimum Gasteiger partial charge on any atom is -0.355 e. The van der Waals surface area contributed by atoms with E-state index in [9.17, 15) is 4.79 Å². The molecule has 1 heterocycles. The SMILES string of the molecule is CC(C)(C)c1ccc(-c2nnc(SCC(=O)NCC3CC3)n2N)cc1. The monoisotopic (exact) mass is 359 g/mol. The van der Waals surface area contributed by atoms with Gasteiger partial charge in [-0.05, 0) is 29.7 Å². The van der Waals surface area contributed by atoms with E-state index in [1.807, 2.05) is 12.1 Å².